The van der Waals surface area contributed by atoms with Crippen LogP contribution in [-0.4, -0.2) is 12.1 Å². The standard InChI is InChI=1S/C16H13ClN2OS2/c1-9-3-6-12-13(7-9)22-15(14(12)17)16(20)19-18-8-11-5-4-10(2)21-11/h3-8H,1-2H3,(H,19,20)/b18-8-. The molecule has 112 valence electrons. The van der Waals surface area contributed by atoms with E-state index in [1.165, 1.54) is 16.2 Å². The predicted octanol–water partition coefficient (Wildman–Crippen LogP) is 5.00. The van der Waals surface area contributed by atoms with Gasteiger partial charge in [0.25, 0.3) is 5.91 Å². The van der Waals surface area contributed by atoms with Crippen LogP contribution in [0.4, 0.5) is 0 Å². The monoisotopic (exact) mass is 348 g/mol. The highest BCUT2D eigenvalue weighted by atomic mass is 35.5. The number of carbonyl (C=O) groups excluding carboxylic acids is 1. The van der Waals surface area contributed by atoms with Gasteiger partial charge in [-0.05, 0) is 37.6 Å². The van der Waals surface area contributed by atoms with E-state index in [0.717, 1.165) is 20.5 Å². The fourth-order valence-electron chi connectivity index (χ4n) is 2.05. The minimum absolute atomic E-state index is 0.284. The summed E-state index contributed by atoms with van der Waals surface area (Å²) in [6.07, 6.45) is 1.64. The van der Waals surface area contributed by atoms with Crippen LogP contribution in [0.5, 0.6) is 0 Å². The number of fused-ring (bicyclic) bond motifs is 1. The van der Waals surface area contributed by atoms with E-state index in [9.17, 15) is 4.79 Å². The van der Waals surface area contributed by atoms with Crippen molar-refractivity contribution in [1.29, 1.82) is 0 Å². The molecule has 2 aromatic heterocycles. The van der Waals surface area contributed by atoms with E-state index in [-0.39, 0.29) is 5.91 Å². The first-order chi connectivity index (χ1) is 10.5. The molecule has 3 aromatic rings. The minimum atomic E-state index is -0.284. The molecule has 0 saturated heterocycles. The van der Waals surface area contributed by atoms with Crippen LogP contribution in [0.1, 0.15) is 25.0 Å². The summed E-state index contributed by atoms with van der Waals surface area (Å²) in [7, 11) is 0. The van der Waals surface area contributed by atoms with Gasteiger partial charge in [-0.15, -0.1) is 22.7 Å². The molecule has 0 fully saturated rings. The second-order valence-corrected chi connectivity index (χ2v) is 7.64. The second-order valence-electron chi connectivity index (χ2n) is 4.89. The normalized spacial score (nSPS) is 11.4. The van der Waals surface area contributed by atoms with E-state index in [1.807, 2.05) is 44.2 Å². The van der Waals surface area contributed by atoms with Gasteiger partial charge in [-0.1, -0.05) is 23.7 Å². The SMILES string of the molecule is Cc1ccc2c(Cl)c(C(=O)N/N=C\c3ccc(C)s3)sc2c1. The Labute approximate surface area is 141 Å². The number of rotatable bonds is 3. The molecular formula is C16H13ClN2OS2. The van der Waals surface area contributed by atoms with E-state index in [4.69, 9.17) is 11.6 Å². The first kappa shape index (κ1) is 15.2. The van der Waals surface area contributed by atoms with Gasteiger partial charge in [0.15, 0.2) is 0 Å². The van der Waals surface area contributed by atoms with Gasteiger partial charge in [-0.3, -0.25) is 4.79 Å². The van der Waals surface area contributed by atoms with E-state index >= 15 is 0 Å². The summed E-state index contributed by atoms with van der Waals surface area (Å²) in [5.74, 6) is -0.284. The summed E-state index contributed by atoms with van der Waals surface area (Å²) < 4.78 is 1.01. The van der Waals surface area contributed by atoms with Crippen molar-refractivity contribution < 1.29 is 4.79 Å². The van der Waals surface area contributed by atoms with E-state index < -0.39 is 0 Å². The van der Waals surface area contributed by atoms with Crippen LogP contribution < -0.4 is 5.43 Å². The van der Waals surface area contributed by atoms with Crippen molar-refractivity contribution in [2.45, 2.75) is 13.8 Å². The predicted molar refractivity (Wildman–Crippen MR) is 95.7 cm³/mol. The molecule has 0 radical (unpaired) electrons. The molecule has 0 saturated carbocycles. The summed E-state index contributed by atoms with van der Waals surface area (Å²) in [5.41, 5.74) is 3.68. The lowest BCUT2D eigenvalue weighted by atomic mass is 10.2. The minimum Gasteiger partial charge on any atom is -0.266 e. The molecule has 0 unspecified atom stereocenters. The topological polar surface area (TPSA) is 41.5 Å². The fraction of sp³-hybridized carbons (Fsp3) is 0.125. The van der Waals surface area contributed by atoms with Crippen molar-refractivity contribution in [2.24, 2.45) is 5.10 Å². The van der Waals surface area contributed by atoms with Crippen LogP contribution in [0.25, 0.3) is 10.1 Å². The van der Waals surface area contributed by atoms with Gasteiger partial charge < -0.3 is 0 Å². The van der Waals surface area contributed by atoms with Crippen molar-refractivity contribution in [3.63, 3.8) is 0 Å². The molecule has 1 amide bonds. The van der Waals surface area contributed by atoms with Gasteiger partial charge in [0.2, 0.25) is 0 Å². The smallest absolute Gasteiger partial charge is 0.266 e. The number of hydrazone groups is 1. The zero-order chi connectivity index (χ0) is 15.7. The number of halogens is 1. The summed E-state index contributed by atoms with van der Waals surface area (Å²) in [4.78, 5) is 14.9. The lowest BCUT2D eigenvalue weighted by Gasteiger charge is -1.96. The Hall–Kier alpha value is -1.69. The molecule has 0 bridgehead atoms. The Morgan fingerprint density at radius 2 is 2.05 bits per heavy atom. The average Bonchev–Trinajstić information content (AvgIpc) is 3.03. The van der Waals surface area contributed by atoms with E-state index in [0.29, 0.717) is 9.90 Å². The maximum Gasteiger partial charge on any atom is 0.283 e. The molecule has 0 aliphatic heterocycles. The van der Waals surface area contributed by atoms with E-state index in [2.05, 4.69) is 10.5 Å². The molecule has 3 rings (SSSR count). The van der Waals surface area contributed by atoms with Crippen LogP contribution in [0.3, 0.4) is 0 Å². The molecule has 0 atom stereocenters. The second kappa shape index (κ2) is 6.20. The Balaban J connectivity index is 1.80. The van der Waals surface area contributed by atoms with Crippen LogP contribution in [0, 0.1) is 13.8 Å². The number of hydrogen-bond donors (Lipinski definition) is 1. The quantitative estimate of drug-likeness (QED) is 0.525. The first-order valence-electron chi connectivity index (χ1n) is 6.63. The van der Waals surface area contributed by atoms with Crippen molar-refractivity contribution >= 4 is 56.5 Å². The van der Waals surface area contributed by atoms with Crippen LogP contribution in [-0.2, 0) is 0 Å². The number of carbonyl (C=O) groups is 1. The van der Waals surface area contributed by atoms with Crippen molar-refractivity contribution in [1.82, 2.24) is 5.43 Å². The molecule has 0 aliphatic rings. The van der Waals surface area contributed by atoms with E-state index in [1.54, 1.807) is 17.6 Å². The van der Waals surface area contributed by atoms with Gasteiger partial charge in [0.1, 0.15) is 4.88 Å². The number of thiophene rings is 2. The molecule has 1 N–H and O–H groups in total. The molecule has 0 spiro atoms. The molecule has 0 aliphatic carbocycles. The van der Waals surface area contributed by atoms with Crippen LogP contribution in [0.2, 0.25) is 5.02 Å². The summed E-state index contributed by atoms with van der Waals surface area (Å²) >= 11 is 9.30. The average molecular weight is 349 g/mol. The molecule has 2 heterocycles. The lowest BCUT2D eigenvalue weighted by Crippen LogP contribution is -2.16. The lowest BCUT2D eigenvalue weighted by molar-refractivity contribution is 0.0959. The van der Waals surface area contributed by atoms with Gasteiger partial charge >= 0.3 is 0 Å². The van der Waals surface area contributed by atoms with Gasteiger partial charge in [-0.2, -0.15) is 5.10 Å². The number of amides is 1. The number of aryl methyl sites for hydroxylation is 2. The Morgan fingerprint density at radius 3 is 2.77 bits per heavy atom. The Kier molecular flexibility index (Phi) is 4.29. The van der Waals surface area contributed by atoms with Crippen molar-refractivity contribution in [2.75, 3.05) is 0 Å². The number of nitrogens with zero attached hydrogens (tertiary/aromatic N) is 1. The number of hydrogen-bond acceptors (Lipinski definition) is 4. The van der Waals surface area contributed by atoms with Gasteiger partial charge in [-0.25, -0.2) is 5.43 Å². The first-order valence-corrected chi connectivity index (χ1v) is 8.64. The zero-order valence-corrected chi connectivity index (χ0v) is 14.4. The molecular weight excluding hydrogens is 336 g/mol. The van der Waals surface area contributed by atoms with Crippen molar-refractivity contribution in [3.05, 3.63) is 55.5 Å². The van der Waals surface area contributed by atoms with Crippen LogP contribution in [0.15, 0.2) is 35.4 Å². The number of benzene rings is 1. The summed E-state index contributed by atoms with van der Waals surface area (Å²) in [5, 5.41) is 5.38. The zero-order valence-electron chi connectivity index (χ0n) is 12.0. The van der Waals surface area contributed by atoms with Crippen LogP contribution >= 0.6 is 34.3 Å². The largest absolute Gasteiger partial charge is 0.283 e. The third-order valence-corrected chi connectivity index (χ3v) is 5.70. The highest BCUT2D eigenvalue weighted by Gasteiger charge is 2.16. The molecule has 6 heteroatoms. The molecule has 3 nitrogen and oxygen atoms in total. The maximum atomic E-state index is 12.2. The van der Waals surface area contributed by atoms with Gasteiger partial charge in [0, 0.05) is 19.8 Å². The highest BCUT2D eigenvalue weighted by Crippen LogP contribution is 2.35. The Morgan fingerprint density at radius 1 is 1.23 bits per heavy atom. The maximum absolute atomic E-state index is 12.2. The fourth-order valence-corrected chi connectivity index (χ4v) is 4.30. The third kappa shape index (κ3) is 3.06. The summed E-state index contributed by atoms with van der Waals surface area (Å²) in [6, 6.07) is 9.93. The summed E-state index contributed by atoms with van der Waals surface area (Å²) in [6.45, 7) is 4.04. The van der Waals surface area contributed by atoms with Crippen molar-refractivity contribution in [3.8, 4) is 0 Å². The molecule has 22 heavy (non-hydrogen) atoms. The van der Waals surface area contributed by atoms with Gasteiger partial charge in [0.05, 0.1) is 11.2 Å². The molecule has 1 aromatic carbocycles. The highest BCUT2D eigenvalue weighted by molar-refractivity contribution is 7.21. The third-order valence-electron chi connectivity index (χ3n) is 3.11. The Bertz CT molecular complexity index is 880. The number of nitrogens with one attached hydrogen (secondary N) is 1.